The average molecular weight is 884 g/mol. The number of unbranched alkanes of at least 4 members (excludes halogenated alkanes) is 32. The Hall–Kier alpha value is -1.51. The molecule has 9 nitrogen and oxygen atoms in total. The fraction of sp³-hybridized carbons (Fsp3) is 0.882. The van der Waals surface area contributed by atoms with E-state index in [1.165, 1.54) is 186 Å². The number of carbonyl (C=O) groups is 2. The van der Waals surface area contributed by atoms with Crippen molar-refractivity contribution in [2.75, 3.05) is 26.4 Å². The van der Waals surface area contributed by atoms with Crippen molar-refractivity contribution in [3.63, 3.8) is 0 Å². The van der Waals surface area contributed by atoms with E-state index in [-0.39, 0.29) is 32.1 Å². The SMILES string of the molecule is CCCCC/C=C\C/C=C\CCCCCCCCCCCC(=O)OCC(O)COP(=O)(O)OCCNC(=O)CCCCCCCCCCCCCCCCCCCCCCC. The maximum Gasteiger partial charge on any atom is 0.472 e. The minimum absolute atomic E-state index is 0.0854. The Labute approximate surface area is 376 Å². The molecule has 0 radical (unpaired) electrons. The lowest BCUT2D eigenvalue weighted by molar-refractivity contribution is -0.147. The smallest absolute Gasteiger partial charge is 0.463 e. The lowest BCUT2D eigenvalue weighted by Gasteiger charge is -2.15. The molecular formula is C51H98NO8P. The number of nitrogens with one attached hydrogen (secondary N) is 1. The normalized spacial score (nSPS) is 13.3. The van der Waals surface area contributed by atoms with Crippen LogP contribution in [-0.2, 0) is 27.9 Å². The first-order chi connectivity index (χ1) is 29.8. The van der Waals surface area contributed by atoms with Gasteiger partial charge in [0.1, 0.15) is 12.7 Å². The maximum absolute atomic E-state index is 12.1. The van der Waals surface area contributed by atoms with E-state index in [1.54, 1.807) is 0 Å². The van der Waals surface area contributed by atoms with Crippen LogP contribution in [0.2, 0.25) is 0 Å². The average Bonchev–Trinajstić information content (AvgIpc) is 3.25. The molecule has 0 rings (SSSR count). The Kier molecular flexibility index (Phi) is 46.8. The molecule has 10 heteroatoms. The molecule has 0 spiro atoms. The summed E-state index contributed by atoms with van der Waals surface area (Å²) in [5.74, 6) is -0.509. The van der Waals surface area contributed by atoms with Gasteiger partial charge in [-0.05, 0) is 44.9 Å². The van der Waals surface area contributed by atoms with E-state index >= 15 is 0 Å². The van der Waals surface area contributed by atoms with Crippen LogP contribution in [0.15, 0.2) is 24.3 Å². The summed E-state index contributed by atoms with van der Waals surface area (Å²) in [6, 6.07) is 0. The molecule has 0 bridgehead atoms. The van der Waals surface area contributed by atoms with Gasteiger partial charge in [-0.2, -0.15) is 0 Å². The molecule has 2 unspecified atom stereocenters. The van der Waals surface area contributed by atoms with Gasteiger partial charge in [0.05, 0.1) is 13.2 Å². The quantitative estimate of drug-likeness (QED) is 0.0238. The van der Waals surface area contributed by atoms with Crippen LogP contribution in [0, 0.1) is 0 Å². The second-order valence-electron chi connectivity index (χ2n) is 17.5. The number of phosphoric acid groups is 1. The number of rotatable bonds is 49. The van der Waals surface area contributed by atoms with E-state index in [1.807, 2.05) is 0 Å². The van der Waals surface area contributed by atoms with Crippen LogP contribution in [0.1, 0.15) is 258 Å². The van der Waals surface area contributed by atoms with Gasteiger partial charge < -0.3 is 20.1 Å². The van der Waals surface area contributed by atoms with E-state index < -0.39 is 26.5 Å². The van der Waals surface area contributed by atoms with Gasteiger partial charge in [-0.3, -0.25) is 18.6 Å². The van der Waals surface area contributed by atoms with E-state index in [9.17, 15) is 24.2 Å². The molecule has 61 heavy (non-hydrogen) atoms. The number of hydrogen-bond acceptors (Lipinski definition) is 7. The summed E-state index contributed by atoms with van der Waals surface area (Å²) in [4.78, 5) is 34.1. The van der Waals surface area contributed by atoms with Gasteiger partial charge in [0.25, 0.3) is 0 Å². The standard InChI is InChI=1S/C51H98NO8P/c1-3-5-7-9-11-13-15-17-19-21-23-24-26-27-29-31-33-35-37-39-41-43-50(54)52-45-46-59-61(56,57)60-48-49(53)47-58-51(55)44-42-40-38-36-34-32-30-28-25-22-20-18-16-14-12-10-8-6-4-2/h12,14,18,20,49,53H,3-11,13,15-17,19,21-48H2,1-2H3,(H,52,54)(H,56,57)/b14-12-,20-18-. The minimum Gasteiger partial charge on any atom is -0.463 e. The van der Waals surface area contributed by atoms with Crippen LogP contribution in [-0.4, -0.2) is 54.3 Å². The predicted molar refractivity (Wildman–Crippen MR) is 257 cm³/mol. The van der Waals surface area contributed by atoms with Gasteiger partial charge in [0, 0.05) is 19.4 Å². The third-order valence-electron chi connectivity index (χ3n) is 11.4. The van der Waals surface area contributed by atoms with Crippen molar-refractivity contribution < 1.29 is 37.9 Å². The summed E-state index contributed by atoms with van der Waals surface area (Å²) in [6.07, 6.45) is 54.0. The van der Waals surface area contributed by atoms with Gasteiger partial charge in [0.2, 0.25) is 5.91 Å². The Morgan fingerprint density at radius 2 is 0.885 bits per heavy atom. The Morgan fingerprint density at radius 3 is 1.34 bits per heavy atom. The minimum atomic E-state index is -4.42. The highest BCUT2D eigenvalue weighted by Gasteiger charge is 2.23. The predicted octanol–water partition coefficient (Wildman–Crippen LogP) is 15.1. The van der Waals surface area contributed by atoms with Crippen molar-refractivity contribution in [3.05, 3.63) is 24.3 Å². The number of hydrogen-bond donors (Lipinski definition) is 3. The van der Waals surface area contributed by atoms with E-state index in [0.717, 1.165) is 44.9 Å². The summed E-state index contributed by atoms with van der Waals surface area (Å²) in [7, 11) is -4.42. The van der Waals surface area contributed by atoms with Crippen LogP contribution in [0.5, 0.6) is 0 Å². The lowest BCUT2D eigenvalue weighted by Crippen LogP contribution is -2.27. The summed E-state index contributed by atoms with van der Waals surface area (Å²) < 4.78 is 27.0. The first-order valence-corrected chi connectivity index (χ1v) is 27.3. The van der Waals surface area contributed by atoms with Gasteiger partial charge in [0.15, 0.2) is 0 Å². The molecule has 1 amide bonds. The third-order valence-corrected chi connectivity index (χ3v) is 12.4. The van der Waals surface area contributed by atoms with Crippen LogP contribution in [0.25, 0.3) is 0 Å². The van der Waals surface area contributed by atoms with Gasteiger partial charge in [-0.1, -0.05) is 224 Å². The molecule has 0 fully saturated rings. The lowest BCUT2D eigenvalue weighted by atomic mass is 10.0. The zero-order valence-corrected chi connectivity index (χ0v) is 40.8. The molecule has 2 atom stereocenters. The van der Waals surface area contributed by atoms with E-state index in [2.05, 4.69) is 43.5 Å². The van der Waals surface area contributed by atoms with Crippen LogP contribution >= 0.6 is 7.82 Å². The van der Waals surface area contributed by atoms with E-state index in [4.69, 9.17) is 13.8 Å². The Morgan fingerprint density at radius 1 is 0.508 bits per heavy atom. The van der Waals surface area contributed by atoms with Crippen molar-refractivity contribution in [3.8, 4) is 0 Å². The number of phosphoric ester groups is 1. The summed E-state index contributed by atoms with van der Waals surface area (Å²) >= 11 is 0. The fourth-order valence-electron chi connectivity index (χ4n) is 7.47. The van der Waals surface area contributed by atoms with E-state index in [0.29, 0.717) is 6.42 Å². The number of allylic oxidation sites excluding steroid dienone is 4. The summed E-state index contributed by atoms with van der Waals surface area (Å²) in [6.45, 7) is 3.58. The van der Waals surface area contributed by atoms with Crippen molar-refractivity contribution in [1.29, 1.82) is 0 Å². The first-order valence-electron chi connectivity index (χ1n) is 25.8. The maximum atomic E-state index is 12.1. The molecule has 0 aromatic heterocycles. The number of ether oxygens (including phenoxy) is 1. The van der Waals surface area contributed by atoms with Crippen molar-refractivity contribution in [1.82, 2.24) is 5.32 Å². The Balaban J connectivity index is 3.53. The Bertz CT molecular complexity index is 1050. The topological polar surface area (TPSA) is 131 Å². The molecule has 0 aliphatic carbocycles. The van der Waals surface area contributed by atoms with Crippen molar-refractivity contribution in [2.45, 2.75) is 264 Å². The molecule has 0 aromatic rings. The molecule has 3 N–H and O–H groups in total. The molecule has 0 saturated carbocycles. The zero-order valence-electron chi connectivity index (χ0n) is 39.9. The number of carbonyl (C=O) groups excluding carboxylic acids is 2. The van der Waals surface area contributed by atoms with Crippen molar-refractivity contribution in [2.24, 2.45) is 0 Å². The van der Waals surface area contributed by atoms with Gasteiger partial charge in [-0.15, -0.1) is 0 Å². The number of amides is 1. The monoisotopic (exact) mass is 884 g/mol. The summed E-state index contributed by atoms with van der Waals surface area (Å²) in [5, 5.41) is 12.8. The molecule has 0 saturated heterocycles. The highest BCUT2D eigenvalue weighted by molar-refractivity contribution is 7.47. The number of aliphatic hydroxyl groups excluding tert-OH is 1. The largest absolute Gasteiger partial charge is 0.472 e. The molecule has 360 valence electrons. The number of aliphatic hydroxyl groups is 1. The van der Waals surface area contributed by atoms with Crippen molar-refractivity contribution >= 4 is 19.7 Å². The third kappa shape index (κ3) is 49.4. The van der Waals surface area contributed by atoms with Gasteiger partial charge in [-0.25, -0.2) is 4.57 Å². The van der Waals surface area contributed by atoms with Crippen LogP contribution < -0.4 is 5.32 Å². The number of esters is 1. The van der Waals surface area contributed by atoms with Crippen LogP contribution in [0.3, 0.4) is 0 Å². The molecule has 0 aliphatic heterocycles. The summed E-state index contributed by atoms with van der Waals surface area (Å²) in [5.41, 5.74) is 0. The van der Waals surface area contributed by atoms with Gasteiger partial charge >= 0.3 is 13.8 Å². The first kappa shape index (κ1) is 59.5. The highest BCUT2D eigenvalue weighted by atomic mass is 31.2. The highest BCUT2D eigenvalue weighted by Crippen LogP contribution is 2.42. The fourth-order valence-corrected chi connectivity index (χ4v) is 8.23. The second-order valence-corrected chi connectivity index (χ2v) is 19.0. The van der Waals surface area contributed by atoms with Crippen LogP contribution in [0.4, 0.5) is 0 Å². The molecular weight excluding hydrogens is 786 g/mol. The zero-order chi connectivity index (χ0) is 44.6. The molecule has 0 heterocycles. The molecule has 0 aliphatic rings. The second kappa shape index (κ2) is 48.0. The molecule has 0 aromatic carbocycles.